The molecule has 0 fully saturated rings. The van der Waals surface area contributed by atoms with Crippen LogP contribution >= 0.6 is 0 Å². The number of amides is 2. The minimum absolute atomic E-state index is 0.0233. The van der Waals surface area contributed by atoms with Gasteiger partial charge < -0.3 is 15.4 Å². The van der Waals surface area contributed by atoms with Crippen LogP contribution in [-0.2, 0) is 27.2 Å². The molecular weight excluding hydrogens is 453 g/mol. The number of esters is 1. The first kappa shape index (κ1) is 23.0. The molecule has 0 saturated heterocycles. The Bertz CT molecular complexity index is 1260. The van der Waals surface area contributed by atoms with E-state index in [-0.39, 0.29) is 11.4 Å². The lowest BCUT2D eigenvalue weighted by molar-refractivity contribution is -0.126. The molecule has 4 rings (SSSR count). The van der Waals surface area contributed by atoms with Gasteiger partial charge in [-0.25, -0.2) is 22.6 Å². The standard InChI is InChI=1S/C23H19F3N4O4/c24-13-4-7-15(8-5-13)30-19-3-1-2-16(19)22(29-30)23(33)34-12-21(32)27-11-20(31)28-14-6-9-17(25)18(26)10-14/h4-10H,1-3,11-12H2,(H,27,32)(H,28,31). The van der Waals surface area contributed by atoms with Gasteiger partial charge in [0.25, 0.3) is 5.91 Å². The number of ether oxygens (including phenoxy) is 1. The fourth-order valence-corrected chi connectivity index (χ4v) is 3.61. The number of halogens is 3. The molecule has 3 aromatic rings. The van der Waals surface area contributed by atoms with E-state index in [2.05, 4.69) is 15.7 Å². The van der Waals surface area contributed by atoms with Gasteiger partial charge >= 0.3 is 5.97 Å². The van der Waals surface area contributed by atoms with Crippen LogP contribution < -0.4 is 10.6 Å². The van der Waals surface area contributed by atoms with Crippen LogP contribution in [-0.4, -0.2) is 40.7 Å². The van der Waals surface area contributed by atoms with Crippen LogP contribution in [0.3, 0.4) is 0 Å². The summed E-state index contributed by atoms with van der Waals surface area (Å²) in [6.07, 6.45) is 2.14. The summed E-state index contributed by atoms with van der Waals surface area (Å²) in [6.45, 7) is -1.11. The number of fused-ring (bicyclic) bond motifs is 1. The number of carbonyl (C=O) groups is 3. The highest BCUT2D eigenvalue weighted by atomic mass is 19.2. The Morgan fingerprint density at radius 2 is 1.74 bits per heavy atom. The van der Waals surface area contributed by atoms with E-state index in [1.54, 1.807) is 16.8 Å². The van der Waals surface area contributed by atoms with E-state index in [4.69, 9.17) is 4.74 Å². The van der Waals surface area contributed by atoms with Gasteiger partial charge in [0, 0.05) is 23.0 Å². The van der Waals surface area contributed by atoms with Gasteiger partial charge in [-0.05, 0) is 55.7 Å². The first-order chi connectivity index (χ1) is 16.3. The lowest BCUT2D eigenvalue weighted by Gasteiger charge is -2.08. The SMILES string of the molecule is O=C(COC(=O)c1nn(-c2ccc(F)cc2)c2c1CCC2)NCC(=O)Nc1ccc(F)c(F)c1. The Morgan fingerprint density at radius 3 is 2.47 bits per heavy atom. The average molecular weight is 472 g/mol. The van der Waals surface area contributed by atoms with Crippen molar-refractivity contribution in [2.45, 2.75) is 19.3 Å². The third-order valence-electron chi connectivity index (χ3n) is 5.18. The van der Waals surface area contributed by atoms with Crippen molar-refractivity contribution in [1.29, 1.82) is 0 Å². The molecule has 0 saturated carbocycles. The Labute approximate surface area is 191 Å². The second-order valence-electron chi connectivity index (χ2n) is 7.55. The Kier molecular flexibility index (Phi) is 6.62. The number of aromatic nitrogens is 2. The van der Waals surface area contributed by atoms with Crippen LogP contribution in [0, 0.1) is 17.5 Å². The van der Waals surface area contributed by atoms with Gasteiger partial charge in [-0.3, -0.25) is 9.59 Å². The highest BCUT2D eigenvalue weighted by molar-refractivity contribution is 5.95. The summed E-state index contributed by atoms with van der Waals surface area (Å²) in [4.78, 5) is 36.4. The molecule has 0 radical (unpaired) electrons. The van der Waals surface area contributed by atoms with E-state index in [9.17, 15) is 27.6 Å². The molecule has 1 aliphatic carbocycles. The number of hydrogen-bond acceptors (Lipinski definition) is 5. The number of anilines is 1. The second kappa shape index (κ2) is 9.77. The van der Waals surface area contributed by atoms with Gasteiger partial charge in [0.1, 0.15) is 5.82 Å². The van der Waals surface area contributed by atoms with E-state index in [1.165, 1.54) is 18.2 Å². The molecule has 34 heavy (non-hydrogen) atoms. The van der Waals surface area contributed by atoms with E-state index < -0.39 is 48.4 Å². The molecule has 2 amide bonds. The molecule has 1 aliphatic rings. The summed E-state index contributed by atoms with van der Waals surface area (Å²) < 4.78 is 46.0. The Hall–Kier alpha value is -4.15. The Morgan fingerprint density at radius 1 is 0.971 bits per heavy atom. The molecule has 1 heterocycles. The number of nitrogens with one attached hydrogen (secondary N) is 2. The van der Waals surface area contributed by atoms with Gasteiger partial charge in [-0.15, -0.1) is 0 Å². The summed E-state index contributed by atoms with van der Waals surface area (Å²) in [7, 11) is 0. The van der Waals surface area contributed by atoms with Crippen molar-refractivity contribution in [2.75, 3.05) is 18.5 Å². The van der Waals surface area contributed by atoms with Gasteiger partial charge in [-0.2, -0.15) is 5.10 Å². The van der Waals surface area contributed by atoms with Gasteiger partial charge in [0.2, 0.25) is 5.91 Å². The highest BCUT2D eigenvalue weighted by Gasteiger charge is 2.28. The van der Waals surface area contributed by atoms with Crippen LogP contribution in [0.5, 0.6) is 0 Å². The third kappa shape index (κ3) is 5.08. The maximum atomic E-state index is 13.2. The first-order valence-corrected chi connectivity index (χ1v) is 10.4. The van der Waals surface area contributed by atoms with Gasteiger partial charge in [0.05, 0.1) is 12.2 Å². The number of nitrogens with zero attached hydrogens (tertiary/aromatic N) is 2. The largest absolute Gasteiger partial charge is 0.451 e. The molecule has 2 N–H and O–H groups in total. The zero-order valence-corrected chi connectivity index (χ0v) is 17.7. The molecule has 8 nitrogen and oxygen atoms in total. The van der Waals surface area contributed by atoms with Crippen molar-refractivity contribution in [2.24, 2.45) is 0 Å². The quantitative estimate of drug-likeness (QED) is 0.515. The number of carbonyl (C=O) groups excluding carboxylic acids is 3. The van der Waals surface area contributed by atoms with Crippen molar-refractivity contribution in [3.8, 4) is 5.69 Å². The van der Waals surface area contributed by atoms with E-state index in [0.29, 0.717) is 18.5 Å². The highest BCUT2D eigenvalue weighted by Crippen LogP contribution is 2.28. The molecule has 2 aromatic carbocycles. The average Bonchev–Trinajstić information content (AvgIpc) is 3.42. The zero-order valence-electron chi connectivity index (χ0n) is 17.7. The molecule has 0 atom stereocenters. The van der Waals surface area contributed by atoms with Gasteiger partial charge in [0.15, 0.2) is 23.9 Å². The van der Waals surface area contributed by atoms with Crippen molar-refractivity contribution < 1.29 is 32.3 Å². The summed E-state index contributed by atoms with van der Waals surface area (Å²) in [5.74, 6) is -4.77. The van der Waals surface area contributed by atoms with Crippen LogP contribution in [0.1, 0.15) is 28.2 Å². The van der Waals surface area contributed by atoms with Crippen molar-refractivity contribution in [3.05, 3.63) is 76.9 Å². The van der Waals surface area contributed by atoms with Crippen molar-refractivity contribution >= 4 is 23.5 Å². The predicted molar refractivity (Wildman–Crippen MR) is 114 cm³/mol. The molecular formula is C23H19F3N4O4. The number of hydrogen-bond donors (Lipinski definition) is 2. The van der Waals surface area contributed by atoms with E-state index in [1.807, 2.05) is 0 Å². The maximum Gasteiger partial charge on any atom is 0.359 e. The number of rotatable bonds is 7. The summed E-state index contributed by atoms with van der Waals surface area (Å²) in [5.41, 5.74) is 2.26. The molecule has 176 valence electrons. The molecule has 11 heteroatoms. The smallest absolute Gasteiger partial charge is 0.359 e. The van der Waals surface area contributed by atoms with E-state index >= 15 is 0 Å². The fourth-order valence-electron chi connectivity index (χ4n) is 3.61. The number of benzene rings is 2. The molecule has 0 aliphatic heterocycles. The van der Waals surface area contributed by atoms with Crippen LogP contribution in [0.4, 0.5) is 18.9 Å². The zero-order chi connectivity index (χ0) is 24.2. The lowest BCUT2D eigenvalue weighted by atomic mass is 10.2. The monoisotopic (exact) mass is 472 g/mol. The summed E-state index contributed by atoms with van der Waals surface area (Å²) >= 11 is 0. The normalized spacial score (nSPS) is 12.2. The van der Waals surface area contributed by atoms with E-state index in [0.717, 1.165) is 29.8 Å². The van der Waals surface area contributed by atoms with Crippen LogP contribution in [0.15, 0.2) is 42.5 Å². The minimum Gasteiger partial charge on any atom is -0.451 e. The second-order valence-corrected chi connectivity index (χ2v) is 7.55. The van der Waals surface area contributed by atoms with Crippen LogP contribution in [0.2, 0.25) is 0 Å². The molecule has 0 bridgehead atoms. The summed E-state index contributed by atoms with van der Waals surface area (Å²) in [5, 5.41) is 8.88. The van der Waals surface area contributed by atoms with Crippen molar-refractivity contribution in [1.82, 2.24) is 15.1 Å². The molecule has 1 aromatic heterocycles. The molecule has 0 unspecified atom stereocenters. The predicted octanol–water partition coefficient (Wildman–Crippen LogP) is 2.69. The first-order valence-electron chi connectivity index (χ1n) is 10.4. The molecule has 0 spiro atoms. The van der Waals surface area contributed by atoms with Crippen LogP contribution in [0.25, 0.3) is 5.69 Å². The lowest BCUT2D eigenvalue weighted by Crippen LogP contribution is -2.35. The van der Waals surface area contributed by atoms with Crippen molar-refractivity contribution in [3.63, 3.8) is 0 Å². The maximum absolute atomic E-state index is 13.2. The summed E-state index contributed by atoms with van der Waals surface area (Å²) in [6, 6.07) is 8.53. The van der Waals surface area contributed by atoms with Gasteiger partial charge in [-0.1, -0.05) is 0 Å². The topological polar surface area (TPSA) is 102 Å². The minimum atomic E-state index is -1.12. The fraction of sp³-hybridized carbons (Fsp3) is 0.217. The Balaban J connectivity index is 1.31. The third-order valence-corrected chi connectivity index (χ3v) is 5.18.